The van der Waals surface area contributed by atoms with Crippen LogP contribution in [0.3, 0.4) is 0 Å². The highest BCUT2D eigenvalue weighted by molar-refractivity contribution is 7.27. The normalized spacial score (nSPS) is 11.6. The van der Waals surface area contributed by atoms with Gasteiger partial charge in [0.1, 0.15) is 11.2 Å². The molecule has 0 spiro atoms. The maximum absolute atomic E-state index is 6.45. The Morgan fingerprint density at radius 3 is 1.55 bits per heavy atom. The molecule has 0 N–H and O–H groups in total. The summed E-state index contributed by atoms with van der Waals surface area (Å²) >= 11 is 1.87. The molecule has 0 unspecified atom stereocenters. The second-order valence-electron chi connectivity index (χ2n) is 14.0. The number of anilines is 3. The molecule has 9 aromatic carbocycles. The number of hydrogen-bond acceptors (Lipinski definition) is 3. The van der Waals surface area contributed by atoms with Gasteiger partial charge in [-0.25, -0.2) is 0 Å². The second-order valence-corrected chi connectivity index (χ2v) is 15.0. The van der Waals surface area contributed by atoms with E-state index in [0.717, 1.165) is 39.0 Å². The van der Waals surface area contributed by atoms with Gasteiger partial charge in [-0.3, -0.25) is 0 Å². The van der Waals surface area contributed by atoms with Gasteiger partial charge in [-0.2, -0.15) is 0 Å². The van der Waals surface area contributed by atoms with Crippen LogP contribution in [0.25, 0.3) is 86.3 Å². The van der Waals surface area contributed by atoms with Gasteiger partial charge in [0.25, 0.3) is 0 Å². The minimum Gasteiger partial charge on any atom is -0.456 e. The van der Waals surface area contributed by atoms with Crippen molar-refractivity contribution < 1.29 is 4.42 Å². The Kier molecular flexibility index (Phi) is 7.39. The lowest BCUT2D eigenvalue weighted by Crippen LogP contribution is -2.10. The second kappa shape index (κ2) is 12.9. The van der Waals surface area contributed by atoms with E-state index in [1.807, 2.05) is 17.4 Å². The van der Waals surface area contributed by atoms with E-state index >= 15 is 0 Å². The standard InChI is InChI=1S/C52H33NOS/c1-3-14-34(15-4-1)38-32-33-39(42-19-8-7-18-41(38)42)36-28-30-37(31-29-36)53(46-24-13-27-49-50(46)45-20-9-10-26-48(45)54-49)47-25-12-23-44-43-22-11-21-40(51(43)55-52(44)47)35-16-5-2-6-17-35/h1-33H. The number of hydrogen-bond donors (Lipinski definition) is 0. The van der Waals surface area contributed by atoms with E-state index in [2.05, 4.69) is 199 Å². The van der Waals surface area contributed by atoms with Gasteiger partial charge in [0, 0.05) is 26.5 Å². The summed E-state index contributed by atoms with van der Waals surface area (Å²) in [7, 11) is 0. The summed E-state index contributed by atoms with van der Waals surface area (Å²) in [5.41, 5.74) is 12.4. The predicted octanol–water partition coefficient (Wildman–Crippen LogP) is 15.6. The summed E-state index contributed by atoms with van der Waals surface area (Å²) in [5.74, 6) is 0. The Morgan fingerprint density at radius 2 is 0.836 bits per heavy atom. The Bertz CT molecular complexity index is 3190. The van der Waals surface area contributed by atoms with Crippen LogP contribution in [-0.4, -0.2) is 0 Å². The van der Waals surface area contributed by atoms with Crippen LogP contribution in [0.15, 0.2) is 205 Å². The molecule has 0 amide bonds. The Hall–Kier alpha value is -6.94. The van der Waals surface area contributed by atoms with Gasteiger partial charge in [0.05, 0.1) is 21.5 Å². The molecule has 11 rings (SSSR count). The van der Waals surface area contributed by atoms with Crippen molar-refractivity contribution in [1.82, 2.24) is 0 Å². The number of furan rings is 1. The molecule has 0 saturated carbocycles. The van der Waals surface area contributed by atoms with E-state index in [1.165, 1.54) is 64.3 Å². The van der Waals surface area contributed by atoms with Crippen molar-refractivity contribution in [3.8, 4) is 33.4 Å². The molecule has 11 aromatic rings. The molecule has 0 bridgehead atoms. The van der Waals surface area contributed by atoms with E-state index < -0.39 is 0 Å². The maximum Gasteiger partial charge on any atom is 0.137 e. The molecule has 2 heterocycles. The number of para-hydroxylation sites is 1. The molecular weight excluding hydrogens is 687 g/mol. The van der Waals surface area contributed by atoms with E-state index in [0.29, 0.717) is 0 Å². The lowest BCUT2D eigenvalue weighted by Gasteiger charge is -2.27. The first-order chi connectivity index (χ1) is 27.3. The van der Waals surface area contributed by atoms with Crippen LogP contribution in [0.5, 0.6) is 0 Å². The molecule has 0 atom stereocenters. The first-order valence-electron chi connectivity index (χ1n) is 18.7. The third-order valence-corrected chi connectivity index (χ3v) is 12.2. The van der Waals surface area contributed by atoms with Crippen LogP contribution < -0.4 is 4.90 Å². The zero-order valence-corrected chi connectivity index (χ0v) is 30.6. The highest BCUT2D eigenvalue weighted by atomic mass is 32.1. The quantitative estimate of drug-likeness (QED) is 0.170. The molecule has 3 heteroatoms. The average Bonchev–Trinajstić information content (AvgIpc) is 3.84. The fraction of sp³-hybridized carbons (Fsp3) is 0. The minimum atomic E-state index is 0.875. The molecule has 55 heavy (non-hydrogen) atoms. The third-order valence-electron chi connectivity index (χ3n) is 10.9. The summed E-state index contributed by atoms with van der Waals surface area (Å²) in [6.45, 7) is 0. The van der Waals surface area contributed by atoms with Crippen molar-refractivity contribution in [2.24, 2.45) is 0 Å². The van der Waals surface area contributed by atoms with E-state index in [4.69, 9.17) is 4.42 Å². The van der Waals surface area contributed by atoms with Gasteiger partial charge >= 0.3 is 0 Å². The lowest BCUT2D eigenvalue weighted by molar-refractivity contribution is 0.669. The molecule has 0 aliphatic heterocycles. The van der Waals surface area contributed by atoms with Crippen LogP contribution in [0.4, 0.5) is 17.1 Å². The number of rotatable bonds is 6. The van der Waals surface area contributed by atoms with Crippen molar-refractivity contribution in [3.05, 3.63) is 200 Å². The van der Waals surface area contributed by atoms with Crippen molar-refractivity contribution in [3.63, 3.8) is 0 Å². The number of thiophene rings is 1. The summed E-state index contributed by atoms with van der Waals surface area (Å²) in [5, 5.41) is 7.24. The van der Waals surface area contributed by atoms with Crippen LogP contribution in [-0.2, 0) is 0 Å². The average molecular weight is 720 g/mol. The lowest BCUT2D eigenvalue weighted by atomic mass is 9.92. The maximum atomic E-state index is 6.45. The molecule has 0 aliphatic carbocycles. The predicted molar refractivity (Wildman–Crippen MR) is 235 cm³/mol. The SMILES string of the molecule is c1ccc(-c2ccc(-c3ccc(N(c4cccc5c4sc4c(-c6ccccc6)cccc45)c4cccc5oc6ccccc6c45)cc3)c3ccccc23)cc1. The molecule has 0 saturated heterocycles. The van der Waals surface area contributed by atoms with Crippen molar-refractivity contribution >= 4 is 81.3 Å². The Labute approximate surface area is 322 Å². The van der Waals surface area contributed by atoms with Crippen molar-refractivity contribution in [2.75, 3.05) is 4.90 Å². The molecule has 2 aromatic heterocycles. The van der Waals surface area contributed by atoms with Crippen LogP contribution in [0, 0.1) is 0 Å². The molecule has 2 nitrogen and oxygen atoms in total. The first kappa shape index (κ1) is 31.6. The minimum absolute atomic E-state index is 0.875. The molecular formula is C52H33NOS. The number of nitrogens with zero attached hydrogens (tertiary/aromatic N) is 1. The summed E-state index contributed by atoms with van der Waals surface area (Å²) in [6, 6.07) is 72.0. The topological polar surface area (TPSA) is 16.4 Å². The molecule has 258 valence electrons. The zero-order chi connectivity index (χ0) is 36.3. The fourth-order valence-corrected chi connectivity index (χ4v) is 9.73. The van der Waals surface area contributed by atoms with Gasteiger partial charge in [-0.1, -0.05) is 164 Å². The zero-order valence-electron chi connectivity index (χ0n) is 29.8. The van der Waals surface area contributed by atoms with Gasteiger partial charge < -0.3 is 9.32 Å². The van der Waals surface area contributed by atoms with Crippen molar-refractivity contribution in [1.29, 1.82) is 0 Å². The number of fused-ring (bicyclic) bond motifs is 7. The van der Waals surface area contributed by atoms with E-state index in [1.54, 1.807) is 0 Å². The van der Waals surface area contributed by atoms with Gasteiger partial charge in [-0.15, -0.1) is 11.3 Å². The van der Waals surface area contributed by atoms with Crippen LogP contribution in [0.1, 0.15) is 0 Å². The number of benzene rings is 9. The monoisotopic (exact) mass is 719 g/mol. The van der Waals surface area contributed by atoms with Gasteiger partial charge in [0.15, 0.2) is 0 Å². The van der Waals surface area contributed by atoms with Crippen LogP contribution in [0.2, 0.25) is 0 Å². The van der Waals surface area contributed by atoms with Gasteiger partial charge in [0.2, 0.25) is 0 Å². The van der Waals surface area contributed by atoms with E-state index in [9.17, 15) is 0 Å². The third kappa shape index (κ3) is 5.16. The largest absolute Gasteiger partial charge is 0.456 e. The first-order valence-corrected chi connectivity index (χ1v) is 19.5. The summed E-state index contributed by atoms with van der Waals surface area (Å²) in [6.07, 6.45) is 0. The van der Waals surface area contributed by atoms with E-state index in [-0.39, 0.29) is 0 Å². The molecule has 0 aliphatic rings. The summed E-state index contributed by atoms with van der Waals surface area (Å²) < 4.78 is 8.99. The molecule has 0 radical (unpaired) electrons. The van der Waals surface area contributed by atoms with Gasteiger partial charge in [-0.05, 0) is 80.6 Å². The fourth-order valence-electron chi connectivity index (χ4n) is 8.39. The highest BCUT2D eigenvalue weighted by Gasteiger charge is 2.23. The van der Waals surface area contributed by atoms with Crippen LogP contribution >= 0.6 is 11.3 Å². The Balaban J connectivity index is 1.12. The highest BCUT2D eigenvalue weighted by Crippen LogP contribution is 2.49. The van der Waals surface area contributed by atoms with Crippen molar-refractivity contribution in [2.45, 2.75) is 0 Å². The Morgan fingerprint density at radius 1 is 0.327 bits per heavy atom. The molecule has 0 fully saturated rings. The smallest absolute Gasteiger partial charge is 0.137 e. The summed E-state index contributed by atoms with van der Waals surface area (Å²) in [4.78, 5) is 2.44.